The molecule has 20 heavy (non-hydrogen) atoms. The summed E-state index contributed by atoms with van der Waals surface area (Å²) in [6, 6.07) is 14.9. The Hall–Kier alpha value is -2.49. The molecule has 1 amide bonds. The van der Waals surface area contributed by atoms with Gasteiger partial charge in [0.25, 0.3) is 0 Å². The van der Waals surface area contributed by atoms with Gasteiger partial charge in [-0.05, 0) is 12.1 Å². The number of benzene rings is 2. The van der Waals surface area contributed by atoms with Crippen molar-refractivity contribution < 1.29 is 14.3 Å². The Morgan fingerprint density at radius 2 is 1.35 bits per heavy atom. The van der Waals surface area contributed by atoms with Crippen molar-refractivity contribution in [1.29, 1.82) is 0 Å². The number of ether oxygens (including phenoxy) is 2. The quantitative estimate of drug-likeness (QED) is 0.821. The Kier molecular flexibility index (Phi) is 4.60. The summed E-state index contributed by atoms with van der Waals surface area (Å²) >= 11 is 0. The molecule has 0 saturated heterocycles. The summed E-state index contributed by atoms with van der Waals surface area (Å²) in [5.41, 5.74) is 1.76. The lowest BCUT2D eigenvalue weighted by Gasteiger charge is -2.21. The first-order valence-corrected chi connectivity index (χ1v) is 6.27. The van der Waals surface area contributed by atoms with Gasteiger partial charge in [-0.15, -0.1) is 0 Å². The van der Waals surface area contributed by atoms with Gasteiger partial charge in [0.2, 0.25) is 6.41 Å². The fraction of sp³-hybridized carbons (Fsp3) is 0.188. The van der Waals surface area contributed by atoms with Crippen LogP contribution in [-0.2, 0) is 4.79 Å². The van der Waals surface area contributed by atoms with E-state index in [4.69, 9.17) is 9.47 Å². The number of hydrogen-bond donors (Lipinski definition) is 1. The standard InChI is InChI=1S/C16H17NO3/c1-19-14-9-5-3-7-12(14)16(17-11-18)13-8-4-6-10-15(13)20-2/h3-11,16H,1-2H3,(H,17,18). The van der Waals surface area contributed by atoms with Crippen LogP contribution in [0.25, 0.3) is 0 Å². The Bertz CT molecular complexity index is 536. The minimum atomic E-state index is -0.320. The van der Waals surface area contributed by atoms with Gasteiger partial charge in [0.15, 0.2) is 0 Å². The van der Waals surface area contributed by atoms with E-state index >= 15 is 0 Å². The van der Waals surface area contributed by atoms with Gasteiger partial charge in [-0.2, -0.15) is 0 Å². The van der Waals surface area contributed by atoms with E-state index in [2.05, 4.69) is 5.32 Å². The van der Waals surface area contributed by atoms with Crippen LogP contribution >= 0.6 is 0 Å². The second-order valence-electron chi connectivity index (χ2n) is 4.20. The van der Waals surface area contributed by atoms with E-state index in [0.717, 1.165) is 22.6 Å². The minimum Gasteiger partial charge on any atom is -0.496 e. The molecule has 0 aliphatic heterocycles. The van der Waals surface area contributed by atoms with Gasteiger partial charge in [0.1, 0.15) is 11.5 Å². The number of carbonyl (C=O) groups excluding carboxylic acids is 1. The highest BCUT2D eigenvalue weighted by atomic mass is 16.5. The van der Waals surface area contributed by atoms with Gasteiger partial charge < -0.3 is 14.8 Å². The van der Waals surface area contributed by atoms with E-state index in [0.29, 0.717) is 6.41 Å². The second kappa shape index (κ2) is 6.61. The first-order valence-electron chi connectivity index (χ1n) is 6.27. The second-order valence-corrected chi connectivity index (χ2v) is 4.20. The number of methoxy groups -OCH3 is 2. The number of carbonyl (C=O) groups is 1. The molecule has 4 nitrogen and oxygen atoms in total. The largest absolute Gasteiger partial charge is 0.496 e. The average Bonchev–Trinajstić information content (AvgIpc) is 2.52. The van der Waals surface area contributed by atoms with E-state index in [1.54, 1.807) is 14.2 Å². The summed E-state index contributed by atoms with van der Waals surface area (Å²) in [7, 11) is 3.22. The maximum absolute atomic E-state index is 11.0. The van der Waals surface area contributed by atoms with Crippen molar-refractivity contribution in [2.75, 3.05) is 14.2 Å². The number of rotatable bonds is 6. The van der Waals surface area contributed by atoms with Crippen LogP contribution in [0.15, 0.2) is 48.5 Å². The number of hydrogen-bond acceptors (Lipinski definition) is 3. The van der Waals surface area contributed by atoms with Gasteiger partial charge in [-0.25, -0.2) is 0 Å². The maximum atomic E-state index is 11.0. The Morgan fingerprint density at radius 1 is 0.900 bits per heavy atom. The molecule has 0 atom stereocenters. The van der Waals surface area contributed by atoms with E-state index in [9.17, 15) is 4.79 Å². The number of nitrogens with one attached hydrogen (secondary N) is 1. The average molecular weight is 271 g/mol. The Morgan fingerprint density at radius 3 is 1.75 bits per heavy atom. The van der Waals surface area contributed by atoms with Crippen molar-refractivity contribution >= 4 is 6.41 Å². The van der Waals surface area contributed by atoms with Crippen molar-refractivity contribution in [3.63, 3.8) is 0 Å². The first kappa shape index (κ1) is 13.9. The zero-order valence-corrected chi connectivity index (χ0v) is 11.5. The van der Waals surface area contributed by atoms with Crippen LogP contribution < -0.4 is 14.8 Å². The van der Waals surface area contributed by atoms with Crippen molar-refractivity contribution in [2.24, 2.45) is 0 Å². The monoisotopic (exact) mass is 271 g/mol. The zero-order valence-electron chi connectivity index (χ0n) is 11.5. The molecular formula is C16H17NO3. The first-order chi connectivity index (χ1) is 9.81. The maximum Gasteiger partial charge on any atom is 0.207 e. The number of amides is 1. The molecule has 0 fully saturated rings. The van der Waals surface area contributed by atoms with Crippen LogP contribution in [0, 0.1) is 0 Å². The van der Waals surface area contributed by atoms with Crippen LogP contribution in [0.4, 0.5) is 0 Å². The van der Waals surface area contributed by atoms with Crippen LogP contribution in [0.1, 0.15) is 17.2 Å². The van der Waals surface area contributed by atoms with E-state index in [-0.39, 0.29) is 6.04 Å². The predicted octanol–water partition coefficient (Wildman–Crippen LogP) is 2.54. The lowest BCUT2D eigenvalue weighted by atomic mass is 9.97. The highest BCUT2D eigenvalue weighted by Gasteiger charge is 2.20. The van der Waals surface area contributed by atoms with Gasteiger partial charge in [-0.3, -0.25) is 4.79 Å². The van der Waals surface area contributed by atoms with Gasteiger partial charge in [-0.1, -0.05) is 36.4 Å². The molecule has 0 unspecified atom stereocenters. The lowest BCUT2D eigenvalue weighted by molar-refractivity contribution is -0.110. The molecule has 1 N–H and O–H groups in total. The molecule has 0 bridgehead atoms. The molecule has 104 valence electrons. The van der Waals surface area contributed by atoms with Crippen LogP contribution in [0.5, 0.6) is 11.5 Å². The van der Waals surface area contributed by atoms with E-state index in [1.807, 2.05) is 48.5 Å². The van der Waals surface area contributed by atoms with Crippen molar-refractivity contribution in [2.45, 2.75) is 6.04 Å². The third-order valence-corrected chi connectivity index (χ3v) is 3.13. The van der Waals surface area contributed by atoms with Gasteiger partial charge >= 0.3 is 0 Å². The molecule has 0 aromatic heterocycles. The van der Waals surface area contributed by atoms with E-state index < -0.39 is 0 Å². The fourth-order valence-electron chi connectivity index (χ4n) is 2.22. The molecule has 0 saturated carbocycles. The SMILES string of the molecule is COc1ccccc1C(NC=O)c1ccccc1OC. The van der Waals surface area contributed by atoms with Crippen LogP contribution in [0.2, 0.25) is 0 Å². The van der Waals surface area contributed by atoms with Crippen molar-refractivity contribution in [1.82, 2.24) is 5.32 Å². The fourth-order valence-corrected chi connectivity index (χ4v) is 2.22. The summed E-state index contributed by atoms with van der Waals surface area (Å²) < 4.78 is 10.7. The van der Waals surface area contributed by atoms with Gasteiger partial charge in [0.05, 0.1) is 20.3 Å². The summed E-state index contributed by atoms with van der Waals surface area (Å²) in [6.45, 7) is 0. The van der Waals surface area contributed by atoms with Crippen LogP contribution in [-0.4, -0.2) is 20.6 Å². The molecule has 0 aliphatic rings. The summed E-state index contributed by atoms with van der Waals surface area (Å²) in [4.78, 5) is 11.0. The van der Waals surface area contributed by atoms with Gasteiger partial charge in [0, 0.05) is 11.1 Å². The summed E-state index contributed by atoms with van der Waals surface area (Å²) in [6.07, 6.45) is 0.684. The third-order valence-electron chi connectivity index (χ3n) is 3.13. The normalized spacial score (nSPS) is 10.2. The highest BCUT2D eigenvalue weighted by Crippen LogP contribution is 2.34. The molecule has 2 rings (SSSR count). The topological polar surface area (TPSA) is 47.6 Å². The molecule has 0 aliphatic carbocycles. The molecule has 0 radical (unpaired) electrons. The molecular weight excluding hydrogens is 254 g/mol. The zero-order chi connectivity index (χ0) is 14.4. The molecule has 0 spiro atoms. The third kappa shape index (κ3) is 2.74. The molecule has 4 heteroatoms. The molecule has 0 heterocycles. The Labute approximate surface area is 118 Å². The Balaban J connectivity index is 2.53. The summed E-state index contributed by atoms with van der Waals surface area (Å²) in [5.74, 6) is 1.44. The minimum absolute atomic E-state index is 0.320. The van der Waals surface area contributed by atoms with Crippen molar-refractivity contribution in [3.05, 3.63) is 59.7 Å². The lowest BCUT2D eigenvalue weighted by Crippen LogP contribution is -2.21. The molecule has 2 aromatic carbocycles. The molecule has 2 aromatic rings. The predicted molar refractivity (Wildman–Crippen MR) is 77.0 cm³/mol. The van der Waals surface area contributed by atoms with Crippen molar-refractivity contribution in [3.8, 4) is 11.5 Å². The highest BCUT2D eigenvalue weighted by molar-refractivity contribution is 5.54. The van der Waals surface area contributed by atoms with E-state index in [1.165, 1.54) is 0 Å². The smallest absolute Gasteiger partial charge is 0.207 e. The van der Waals surface area contributed by atoms with Crippen LogP contribution in [0.3, 0.4) is 0 Å². The number of para-hydroxylation sites is 2. The summed E-state index contributed by atoms with van der Waals surface area (Å²) in [5, 5.41) is 2.82.